The number of unbranched alkanes of at least 4 members (excludes halogenated alkanes) is 4. The van der Waals surface area contributed by atoms with E-state index in [1.165, 1.54) is 38.5 Å². The minimum Gasteiger partial charge on any atom is -0.314 e. The second-order valence-electron chi connectivity index (χ2n) is 4.69. The van der Waals surface area contributed by atoms with Crippen LogP contribution in [-0.2, 0) is 10.8 Å². The molecule has 0 spiro atoms. The first-order chi connectivity index (χ1) is 7.66. The fraction of sp³-hybridized carbons (Fsp3) is 1.00. The lowest BCUT2D eigenvalue weighted by Gasteiger charge is -2.13. The number of hydrogen-bond acceptors (Lipinski definition) is 2. The molecule has 0 heterocycles. The Morgan fingerprint density at radius 2 is 1.81 bits per heavy atom. The van der Waals surface area contributed by atoms with Crippen molar-refractivity contribution in [3.63, 3.8) is 0 Å². The van der Waals surface area contributed by atoms with Gasteiger partial charge in [0.25, 0.3) is 0 Å². The fourth-order valence-corrected chi connectivity index (χ4v) is 2.33. The fourth-order valence-electron chi connectivity index (χ4n) is 1.78. The summed E-state index contributed by atoms with van der Waals surface area (Å²) in [6.07, 6.45) is 10.9. The molecule has 1 N–H and O–H groups in total. The molecule has 0 fully saturated rings. The van der Waals surface area contributed by atoms with E-state index in [2.05, 4.69) is 19.2 Å². The molecule has 2 unspecified atom stereocenters. The maximum atomic E-state index is 10.8. The third kappa shape index (κ3) is 12.2. The minimum atomic E-state index is -0.629. The molecule has 0 saturated carbocycles. The molecule has 98 valence electrons. The zero-order valence-corrected chi connectivity index (χ0v) is 12.1. The molecule has 16 heavy (non-hydrogen) atoms. The Bertz CT molecular complexity index is 173. The van der Waals surface area contributed by atoms with Gasteiger partial charge >= 0.3 is 0 Å². The van der Waals surface area contributed by atoms with Gasteiger partial charge in [0.2, 0.25) is 0 Å². The van der Waals surface area contributed by atoms with E-state index in [-0.39, 0.29) is 0 Å². The van der Waals surface area contributed by atoms with Gasteiger partial charge < -0.3 is 5.32 Å². The minimum absolute atomic E-state index is 0.618. The Kier molecular flexibility index (Phi) is 11.7. The van der Waals surface area contributed by atoms with Crippen LogP contribution in [0.25, 0.3) is 0 Å². The molecule has 3 heteroatoms. The largest absolute Gasteiger partial charge is 0.314 e. The lowest BCUT2D eigenvalue weighted by atomic mass is 10.1. The van der Waals surface area contributed by atoms with Gasteiger partial charge in [0, 0.05) is 28.9 Å². The molecule has 0 bridgehead atoms. The molecule has 0 aliphatic carbocycles. The van der Waals surface area contributed by atoms with Gasteiger partial charge in [-0.1, -0.05) is 39.0 Å². The van der Waals surface area contributed by atoms with Crippen molar-refractivity contribution in [2.45, 2.75) is 64.8 Å². The third-order valence-electron chi connectivity index (χ3n) is 2.84. The summed E-state index contributed by atoms with van der Waals surface area (Å²) in [5.41, 5.74) is 0. The van der Waals surface area contributed by atoms with Crippen LogP contribution < -0.4 is 5.32 Å². The van der Waals surface area contributed by atoms with Gasteiger partial charge in [-0.05, 0) is 26.3 Å². The number of hydrogen-bond donors (Lipinski definition) is 1. The van der Waals surface area contributed by atoms with E-state index in [0.717, 1.165) is 18.7 Å². The standard InChI is InChI=1S/C13H29NOS/c1-4-5-6-7-8-10-13(2)14-11-9-12-16(3)15/h13-14H,4-12H2,1-3H3. The topological polar surface area (TPSA) is 29.1 Å². The Morgan fingerprint density at radius 3 is 2.44 bits per heavy atom. The Labute approximate surface area is 104 Å². The SMILES string of the molecule is CCCCCCCC(C)NCCCS(C)=O. The average molecular weight is 247 g/mol. The summed E-state index contributed by atoms with van der Waals surface area (Å²) in [6, 6.07) is 0.618. The first-order valence-electron chi connectivity index (χ1n) is 6.70. The highest BCUT2D eigenvalue weighted by Gasteiger charge is 2.00. The Hall–Kier alpha value is 0.110. The number of rotatable bonds is 11. The summed E-state index contributed by atoms with van der Waals surface area (Å²) in [5.74, 6) is 0.830. The molecule has 0 aliphatic rings. The van der Waals surface area contributed by atoms with Crippen LogP contribution in [0, 0.1) is 0 Å². The van der Waals surface area contributed by atoms with Gasteiger partial charge in [-0.15, -0.1) is 0 Å². The summed E-state index contributed by atoms with van der Waals surface area (Å²) in [6.45, 7) is 5.51. The Balaban J connectivity index is 3.18. The monoisotopic (exact) mass is 247 g/mol. The highest BCUT2D eigenvalue weighted by Crippen LogP contribution is 2.06. The summed E-state index contributed by atoms with van der Waals surface area (Å²) in [5, 5.41) is 3.49. The summed E-state index contributed by atoms with van der Waals surface area (Å²) < 4.78 is 10.8. The lowest BCUT2D eigenvalue weighted by Crippen LogP contribution is -2.27. The molecule has 0 radical (unpaired) electrons. The van der Waals surface area contributed by atoms with E-state index in [0.29, 0.717) is 6.04 Å². The van der Waals surface area contributed by atoms with Crippen LogP contribution >= 0.6 is 0 Å². The average Bonchev–Trinajstić information content (AvgIpc) is 2.24. The van der Waals surface area contributed by atoms with Crippen LogP contribution in [0.15, 0.2) is 0 Å². The summed E-state index contributed by atoms with van der Waals surface area (Å²) >= 11 is 0. The molecule has 0 rings (SSSR count). The number of nitrogens with one attached hydrogen (secondary N) is 1. The van der Waals surface area contributed by atoms with Crippen LogP contribution in [-0.4, -0.2) is 28.8 Å². The highest BCUT2D eigenvalue weighted by molar-refractivity contribution is 7.84. The van der Waals surface area contributed by atoms with Gasteiger partial charge in [0.1, 0.15) is 0 Å². The van der Waals surface area contributed by atoms with Crippen LogP contribution in [0.5, 0.6) is 0 Å². The van der Waals surface area contributed by atoms with Crippen molar-refractivity contribution in [2.75, 3.05) is 18.6 Å². The van der Waals surface area contributed by atoms with E-state index in [9.17, 15) is 4.21 Å². The molecule has 0 aromatic heterocycles. The van der Waals surface area contributed by atoms with Crippen molar-refractivity contribution in [2.24, 2.45) is 0 Å². The van der Waals surface area contributed by atoms with E-state index in [1.54, 1.807) is 6.26 Å². The Morgan fingerprint density at radius 1 is 1.12 bits per heavy atom. The quantitative estimate of drug-likeness (QED) is 0.568. The third-order valence-corrected chi connectivity index (χ3v) is 3.71. The predicted octanol–water partition coefficient (Wildman–Crippen LogP) is 3.09. The van der Waals surface area contributed by atoms with Gasteiger partial charge in [0.05, 0.1) is 0 Å². The van der Waals surface area contributed by atoms with E-state index in [4.69, 9.17) is 0 Å². The molecular weight excluding hydrogens is 218 g/mol. The van der Waals surface area contributed by atoms with Crippen LogP contribution in [0.3, 0.4) is 0 Å². The van der Waals surface area contributed by atoms with Crippen molar-refractivity contribution < 1.29 is 4.21 Å². The van der Waals surface area contributed by atoms with Crippen molar-refractivity contribution in [3.8, 4) is 0 Å². The van der Waals surface area contributed by atoms with Gasteiger partial charge in [-0.3, -0.25) is 4.21 Å². The summed E-state index contributed by atoms with van der Waals surface area (Å²) in [4.78, 5) is 0. The first-order valence-corrected chi connectivity index (χ1v) is 8.43. The normalized spacial score (nSPS) is 14.9. The summed E-state index contributed by atoms with van der Waals surface area (Å²) in [7, 11) is -0.629. The lowest BCUT2D eigenvalue weighted by molar-refractivity contribution is 0.481. The molecule has 2 nitrogen and oxygen atoms in total. The molecule has 0 aromatic carbocycles. The van der Waals surface area contributed by atoms with Crippen LogP contribution in [0.2, 0.25) is 0 Å². The molecule has 0 saturated heterocycles. The second-order valence-corrected chi connectivity index (χ2v) is 6.24. The maximum absolute atomic E-state index is 10.8. The van der Waals surface area contributed by atoms with Crippen molar-refractivity contribution in [1.29, 1.82) is 0 Å². The highest BCUT2D eigenvalue weighted by atomic mass is 32.2. The molecule has 0 aliphatic heterocycles. The molecule has 0 amide bonds. The molecule has 2 atom stereocenters. The van der Waals surface area contributed by atoms with Crippen molar-refractivity contribution >= 4 is 10.8 Å². The van der Waals surface area contributed by atoms with Crippen molar-refractivity contribution in [1.82, 2.24) is 5.32 Å². The van der Waals surface area contributed by atoms with E-state index >= 15 is 0 Å². The zero-order valence-electron chi connectivity index (χ0n) is 11.3. The van der Waals surface area contributed by atoms with Crippen molar-refractivity contribution in [3.05, 3.63) is 0 Å². The van der Waals surface area contributed by atoms with Gasteiger partial charge in [0.15, 0.2) is 0 Å². The maximum Gasteiger partial charge on any atom is 0.0244 e. The van der Waals surface area contributed by atoms with Crippen LogP contribution in [0.1, 0.15) is 58.8 Å². The molecular formula is C13H29NOS. The van der Waals surface area contributed by atoms with E-state index < -0.39 is 10.8 Å². The first kappa shape index (κ1) is 16.1. The predicted molar refractivity (Wildman–Crippen MR) is 74.4 cm³/mol. The molecule has 0 aromatic rings. The van der Waals surface area contributed by atoms with E-state index in [1.807, 2.05) is 0 Å². The van der Waals surface area contributed by atoms with Crippen LogP contribution in [0.4, 0.5) is 0 Å². The zero-order chi connectivity index (χ0) is 12.2. The smallest absolute Gasteiger partial charge is 0.0244 e. The van der Waals surface area contributed by atoms with Gasteiger partial charge in [-0.25, -0.2) is 0 Å². The second kappa shape index (κ2) is 11.6. The van der Waals surface area contributed by atoms with Gasteiger partial charge in [-0.2, -0.15) is 0 Å².